The fourth-order valence-corrected chi connectivity index (χ4v) is 1.96. The van der Waals surface area contributed by atoms with E-state index in [2.05, 4.69) is 14.8 Å². The smallest absolute Gasteiger partial charge is 0.142 e. The van der Waals surface area contributed by atoms with Crippen LogP contribution in [0.4, 0.5) is 10.8 Å². The third-order valence-electron chi connectivity index (χ3n) is 2.15. The predicted molar refractivity (Wildman–Crippen MR) is 62.0 cm³/mol. The van der Waals surface area contributed by atoms with Crippen LogP contribution in [0, 0.1) is 6.92 Å². The molecular formula is C9H13N5S. The van der Waals surface area contributed by atoms with Crippen LogP contribution in [0.3, 0.4) is 0 Å². The molecule has 0 aliphatic rings. The highest BCUT2D eigenvalue weighted by molar-refractivity contribution is 7.10. The molecule has 5 nitrogen and oxygen atoms in total. The summed E-state index contributed by atoms with van der Waals surface area (Å²) in [6.45, 7) is 3.63. The minimum atomic E-state index is 0.613. The molecule has 0 bridgehead atoms. The lowest BCUT2D eigenvalue weighted by molar-refractivity contribution is 0.638. The first-order chi connectivity index (χ1) is 7.27. The predicted octanol–water partition coefficient (Wildman–Crippen LogP) is 1.34. The number of nitrogens with two attached hydrogens (primary N) is 1. The summed E-state index contributed by atoms with van der Waals surface area (Å²) >= 11 is 1.40. The van der Waals surface area contributed by atoms with Gasteiger partial charge in [-0.25, -0.2) is 0 Å². The van der Waals surface area contributed by atoms with Crippen molar-refractivity contribution in [3.05, 3.63) is 24.0 Å². The maximum absolute atomic E-state index is 5.65. The summed E-state index contributed by atoms with van der Waals surface area (Å²) in [5.41, 5.74) is 6.68. The van der Waals surface area contributed by atoms with E-state index in [0.29, 0.717) is 5.82 Å². The van der Waals surface area contributed by atoms with Crippen LogP contribution < -0.4 is 11.1 Å². The summed E-state index contributed by atoms with van der Waals surface area (Å²) in [6, 6.07) is 1.91. The van der Waals surface area contributed by atoms with E-state index in [9.17, 15) is 0 Å². The Kier molecular flexibility index (Phi) is 2.86. The van der Waals surface area contributed by atoms with Crippen molar-refractivity contribution in [1.82, 2.24) is 14.2 Å². The molecule has 2 aromatic rings. The number of nitrogens with zero attached hydrogens (tertiary/aromatic N) is 3. The number of nitrogens with one attached hydrogen (secondary N) is 1. The molecule has 0 radical (unpaired) electrons. The number of aromatic nitrogens is 3. The molecule has 2 heterocycles. The molecule has 0 spiro atoms. The zero-order valence-corrected chi connectivity index (χ0v) is 9.29. The molecule has 2 aromatic heterocycles. The van der Waals surface area contributed by atoms with E-state index in [-0.39, 0.29) is 0 Å². The van der Waals surface area contributed by atoms with Gasteiger partial charge in [-0.1, -0.05) is 0 Å². The molecule has 0 aliphatic heterocycles. The molecule has 15 heavy (non-hydrogen) atoms. The summed E-state index contributed by atoms with van der Waals surface area (Å²) in [5, 5.41) is 8.44. The first-order valence-corrected chi connectivity index (χ1v) is 5.48. The zero-order chi connectivity index (χ0) is 10.7. The molecule has 6 heteroatoms. The van der Waals surface area contributed by atoms with Crippen LogP contribution in [-0.4, -0.2) is 20.7 Å². The molecule has 0 amide bonds. The van der Waals surface area contributed by atoms with E-state index in [4.69, 9.17) is 5.73 Å². The Balaban J connectivity index is 1.86. The molecule has 80 valence electrons. The van der Waals surface area contributed by atoms with Crippen molar-refractivity contribution < 1.29 is 0 Å². The third-order valence-corrected chi connectivity index (χ3v) is 3.07. The average Bonchev–Trinajstić information content (AvgIpc) is 2.83. The van der Waals surface area contributed by atoms with Gasteiger partial charge in [0, 0.05) is 24.5 Å². The van der Waals surface area contributed by atoms with Crippen LogP contribution in [-0.2, 0) is 6.54 Å². The van der Waals surface area contributed by atoms with Crippen molar-refractivity contribution >= 4 is 22.4 Å². The maximum Gasteiger partial charge on any atom is 0.142 e. The van der Waals surface area contributed by atoms with Gasteiger partial charge in [0.2, 0.25) is 0 Å². The normalized spacial score (nSPS) is 10.5. The van der Waals surface area contributed by atoms with Gasteiger partial charge < -0.3 is 11.1 Å². The fourth-order valence-electron chi connectivity index (χ4n) is 1.23. The maximum atomic E-state index is 5.65. The minimum Gasteiger partial charge on any atom is -0.383 e. The SMILES string of the molecule is Cc1c(N)nsc1NCCn1cccn1. The number of nitrogen functional groups attached to an aromatic ring is 1. The van der Waals surface area contributed by atoms with Crippen molar-refractivity contribution in [2.75, 3.05) is 17.6 Å². The summed E-state index contributed by atoms with van der Waals surface area (Å²) < 4.78 is 5.95. The second-order valence-corrected chi connectivity index (χ2v) is 3.99. The van der Waals surface area contributed by atoms with E-state index < -0.39 is 0 Å². The lowest BCUT2D eigenvalue weighted by Crippen LogP contribution is -2.10. The summed E-state index contributed by atoms with van der Waals surface area (Å²) in [5.74, 6) is 0.613. The van der Waals surface area contributed by atoms with Gasteiger partial charge in [-0.3, -0.25) is 4.68 Å². The van der Waals surface area contributed by atoms with Gasteiger partial charge in [0.1, 0.15) is 10.8 Å². The Morgan fingerprint density at radius 1 is 1.60 bits per heavy atom. The molecule has 0 saturated heterocycles. The molecule has 0 fully saturated rings. The fraction of sp³-hybridized carbons (Fsp3) is 0.333. The molecule has 0 saturated carbocycles. The monoisotopic (exact) mass is 223 g/mol. The van der Waals surface area contributed by atoms with Crippen molar-refractivity contribution in [3.8, 4) is 0 Å². The first kappa shape index (κ1) is 9.97. The summed E-state index contributed by atoms with van der Waals surface area (Å²) in [4.78, 5) is 0. The van der Waals surface area contributed by atoms with Crippen LogP contribution in [0.1, 0.15) is 5.56 Å². The molecule has 0 aromatic carbocycles. The Morgan fingerprint density at radius 3 is 3.07 bits per heavy atom. The van der Waals surface area contributed by atoms with E-state index in [1.807, 2.05) is 23.9 Å². The van der Waals surface area contributed by atoms with Crippen LogP contribution >= 0.6 is 11.5 Å². The van der Waals surface area contributed by atoms with Gasteiger partial charge in [0.05, 0.1) is 6.54 Å². The van der Waals surface area contributed by atoms with Crippen LogP contribution in [0.15, 0.2) is 18.5 Å². The van der Waals surface area contributed by atoms with Crippen molar-refractivity contribution in [1.29, 1.82) is 0 Å². The van der Waals surface area contributed by atoms with Crippen LogP contribution in [0.25, 0.3) is 0 Å². The van der Waals surface area contributed by atoms with Crippen molar-refractivity contribution in [2.45, 2.75) is 13.5 Å². The Hall–Kier alpha value is -1.56. The van der Waals surface area contributed by atoms with E-state index >= 15 is 0 Å². The average molecular weight is 223 g/mol. The van der Waals surface area contributed by atoms with Crippen LogP contribution in [0.2, 0.25) is 0 Å². The standard InChI is InChI=1S/C9H13N5S/c1-7-8(10)13-15-9(7)11-4-6-14-5-2-3-12-14/h2-3,5,11H,4,6H2,1H3,(H2,10,13). The lowest BCUT2D eigenvalue weighted by Gasteiger charge is -2.04. The van der Waals surface area contributed by atoms with Gasteiger partial charge in [0.25, 0.3) is 0 Å². The highest BCUT2D eigenvalue weighted by Crippen LogP contribution is 2.24. The van der Waals surface area contributed by atoms with Gasteiger partial charge in [-0.2, -0.15) is 9.47 Å². The van der Waals surface area contributed by atoms with Gasteiger partial charge in [-0.15, -0.1) is 0 Å². The lowest BCUT2D eigenvalue weighted by atomic mass is 10.3. The zero-order valence-electron chi connectivity index (χ0n) is 8.47. The molecule has 0 atom stereocenters. The first-order valence-electron chi connectivity index (χ1n) is 4.70. The van der Waals surface area contributed by atoms with Gasteiger partial charge >= 0.3 is 0 Å². The Bertz CT molecular complexity index is 420. The molecule has 3 N–H and O–H groups in total. The van der Waals surface area contributed by atoms with E-state index in [1.165, 1.54) is 11.5 Å². The second-order valence-electron chi connectivity index (χ2n) is 3.22. The summed E-state index contributed by atoms with van der Waals surface area (Å²) in [7, 11) is 0. The van der Waals surface area contributed by atoms with Crippen molar-refractivity contribution in [2.24, 2.45) is 0 Å². The molecule has 0 unspecified atom stereocenters. The largest absolute Gasteiger partial charge is 0.383 e. The topological polar surface area (TPSA) is 68.8 Å². The van der Waals surface area contributed by atoms with Crippen molar-refractivity contribution in [3.63, 3.8) is 0 Å². The molecule has 0 aliphatic carbocycles. The number of rotatable bonds is 4. The van der Waals surface area contributed by atoms with Crippen LogP contribution in [0.5, 0.6) is 0 Å². The third kappa shape index (κ3) is 2.27. The Labute approximate surface area is 92.1 Å². The Morgan fingerprint density at radius 2 is 2.47 bits per heavy atom. The van der Waals surface area contributed by atoms with Gasteiger partial charge in [0.15, 0.2) is 0 Å². The van der Waals surface area contributed by atoms with E-state index in [0.717, 1.165) is 23.7 Å². The highest BCUT2D eigenvalue weighted by atomic mass is 32.1. The highest BCUT2D eigenvalue weighted by Gasteiger charge is 2.05. The second kappa shape index (κ2) is 4.31. The van der Waals surface area contributed by atoms with E-state index in [1.54, 1.807) is 6.20 Å². The molecule has 2 rings (SSSR count). The minimum absolute atomic E-state index is 0.613. The summed E-state index contributed by atoms with van der Waals surface area (Å²) in [6.07, 6.45) is 3.71. The number of anilines is 2. The number of hydrogen-bond acceptors (Lipinski definition) is 5. The number of hydrogen-bond donors (Lipinski definition) is 2. The quantitative estimate of drug-likeness (QED) is 0.820. The molecular weight excluding hydrogens is 210 g/mol. The van der Waals surface area contributed by atoms with Gasteiger partial charge in [-0.05, 0) is 24.5 Å².